The van der Waals surface area contributed by atoms with Gasteiger partial charge in [0.2, 0.25) is 11.8 Å². The second-order valence-electron chi connectivity index (χ2n) is 6.14. The number of benzene rings is 2. The average Bonchev–Trinajstić information content (AvgIpc) is 2.75. The number of nitrogens with one attached hydrogen (secondary N) is 1. The number of nitro groups is 2. The van der Waals surface area contributed by atoms with Crippen LogP contribution in [-0.4, -0.2) is 27.0 Å². The van der Waals surface area contributed by atoms with Crippen molar-refractivity contribution in [2.75, 3.05) is 0 Å². The summed E-state index contributed by atoms with van der Waals surface area (Å²) < 4.78 is 5.50. The average molecular weight is 421 g/mol. The van der Waals surface area contributed by atoms with E-state index in [9.17, 15) is 25.0 Å². The van der Waals surface area contributed by atoms with Crippen LogP contribution >= 0.6 is 0 Å². The minimum absolute atomic E-state index is 0.125. The number of hydrogen-bond acceptors (Lipinski definition) is 8. The number of ether oxygens (including phenoxy) is 1. The van der Waals surface area contributed by atoms with Crippen molar-refractivity contribution < 1.29 is 19.4 Å². The van der Waals surface area contributed by atoms with Crippen molar-refractivity contribution in [1.29, 1.82) is 0 Å². The van der Waals surface area contributed by atoms with Crippen LogP contribution < -0.4 is 10.2 Å². The smallest absolute Gasteiger partial charge is 0.287 e. The fraction of sp³-hybridized carbons (Fsp3) is 0.0500. The summed E-state index contributed by atoms with van der Waals surface area (Å²) in [5, 5.41) is 25.5. The molecule has 0 fully saturated rings. The zero-order valence-corrected chi connectivity index (χ0v) is 15.9. The molecule has 0 radical (unpaired) electrons. The third kappa shape index (κ3) is 5.90. The van der Waals surface area contributed by atoms with Crippen LogP contribution in [0.4, 0.5) is 11.4 Å². The first-order valence-corrected chi connectivity index (χ1v) is 8.85. The Morgan fingerprint density at radius 2 is 1.77 bits per heavy atom. The Hall–Kier alpha value is -4.67. The van der Waals surface area contributed by atoms with E-state index in [1.54, 1.807) is 30.3 Å². The largest absolute Gasteiger partial charge is 0.439 e. The zero-order chi connectivity index (χ0) is 22.2. The van der Waals surface area contributed by atoms with E-state index in [2.05, 4.69) is 15.5 Å². The van der Waals surface area contributed by atoms with Crippen LogP contribution in [0.3, 0.4) is 0 Å². The van der Waals surface area contributed by atoms with Crippen molar-refractivity contribution in [3.05, 3.63) is 98.2 Å². The zero-order valence-electron chi connectivity index (χ0n) is 15.9. The quantitative estimate of drug-likeness (QED) is 0.333. The van der Waals surface area contributed by atoms with Crippen LogP contribution in [0.1, 0.15) is 11.1 Å². The minimum Gasteiger partial charge on any atom is -0.439 e. The van der Waals surface area contributed by atoms with E-state index in [1.165, 1.54) is 36.5 Å². The summed E-state index contributed by atoms with van der Waals surface area (Å²) in [7, 11) is 0. The molecule has 0 saturated heterocycles. The molecular weight excluding hydrogens is 406 g/mol. The number of nitro benzene ring substituents is 1. The van der Waals surface area contributed by atoms with Gasteiger partial charge in [0.15, 0.2) is 0 Å². The number of nitrogens with zero attached hydrogens (tertiary/aromatic N) is 4. The Morgan fingerprint density at radius 3 is 2.42 bits per heavy atom. The van der Waals surface area contributed by atoms with E-state index < -0.39 is 15.8 Å². The van der Waals surface area contributed by atoms with Gasteiger partial charge < -0.3 is 4.74 Å². The van der Waals surface area contributed by atoms with Gasteiger partial charge in [0, 0.05) is 23.8 Å². The molecule has 0 aliphatic rings. The van der Waals surface area contributed by atoms with Crippen LogP contribution in [-0.2, 0) is 11.2 Å². The molecule has 31 heavy (non-hydrogen) atoms. The van der Waals surface area contributed by atoms with Gasteiger partial charge in [-0.25, -0.2) is 10.4 Å². The van der Waals surface area contributed by atoms with Gasteiger partial charge in [0.1, 0.15) is 11.9 Å². The number of rotatable bonds is 8. The monoisotopic (exact) mass is 421 g/mol. The molecule has 0 spiro atoms. The topological polar surface area (TPSA) is 150 Å². The highest BCUT2D eigenvalue weighted by molar-refractivity contribution is 5.83. The lowest BCUT2D eigenvalue weighted by atomic mass is 10.1. The van der Waals surface area contributed by atoms with Gasteiger partial charge in [-0.1, -0.05) is 18.2 Å². The fourth-order valence-corrected chi connectivity index (χ4v) is 2.51. The van der Waals surface area contributed by atoms with Gasteiger partial charge in [-0.2, -0.15) is 5.10 Å². The van der Waals surface area contributed by atoms with Gasteiger partial charge >= 0.3 is 0 Å². The molecule has 0 unspecified atom stereocenters. The van der Waals surface area contributed by atoms with Gasteiger partial charge in [0.25, 0.3) is 11.4 Å². The highest BCUT2D eigenvalue weighted by atomic mass is 16.6. The normalized spacial score (nSPS) is 10.6. The second-order valence-corrected chi connectivity index (χ2v) is 6.14. The molecule has 1 N–H and O–H groups in total. The van der Waals surface area contributed by atoms with Crippen molar-refractivity contribution in [1.82, 2.24) is 10.4 Å². The molecule has 0 bridgehead atoms. The Morgan fingerprint density at radius 1 is 1.03 bits per heavy atom. The molecule has 2 aromatic carbocycles. The van der Waals surface area contributed by atoms with Crippen LogP contribution in [0.15, 0.2) is 72.0 Å². The van der Waals surface area contributed by atoms with Crippen LogP contribution in [0.2, 0.25) is 0 Å². The van der Waals surface area contributed by atoms with Crippen molar-refractivity contribution in [2.24, 2.45) is 5.10 Å². The number of amides is 1. The second kappa shape index (κ2) is 9.69. The Balaban J connectivity index is 1.54. The lowest BCUT2D eigenvalue weighted by molar-refractivity contribution is -0.385. The van der Waals surface area contributed by atoms with Gasteiger partial charge in [-0.05, 0) is 29.8 Å². The first-order chi connectivity index (χ1) is 14.9. The van der Waals surface area contributed by atoms with Gasteiger partial charge in [0.05, 0.1) is 22.5 Å². The SMILES string of the molecule is O=C(Cc1ccccc1[N+](=O)[O-])NN=Cc1ccc(Oc2ccc([N+](=O)[O-])cn2)cc1. The maximum Gasteiger partial charge on any atom is 0.287 e. The molecule has 1 amide bonds. The van der Waals surface area contributed by atoms with E-state index in [-0.39, 0.29) is 23.7 Å². The number of carbonyl (C=O) groups excluding carboxylic acids is 1. The lowest BCUT2D eigenvalue weighted by Gasteiger charge is -2.04. The Bertz CT molecular complexity index is 1130. The molecular formula is C20H15N5O6. The molecule has 11 heteroatoms. The Labute approximate surface area is 175 Å². The first-order valence-electron chi connectivity index (χ1n) is 8.85. The summed E-state index contributed by atoms with van der Waals surface area (Å²) in [6, 6.07) is 15.3. The van der Waals surface area contributed by atoms with Gasteiger partial charge in [-0.3, -0.25) is 25.0 Å². The molecule has 3 aromatic rings. The third-order valence-electron chi connectivity index (χ3n) is 3.98. The molecule has 1 heterocycles. The lowest BCUT2D eigenvalue weighted by Crippen LogP contribution is -2.20. The maximum absolute atomic E-state index is 12.0. The number of para-hydroxylation sites is 1. The molecule has 156 valence electrons. The fourth-order valence-electron chi connectivity index (χ4n) is 2.51. The van der Waals surface area contributed by atoms with Crippen LogP contribution in [0.25, 0.3) is 0 Å². The molecule has 0 aliphatic carbocycles. The first kappa shape index (κ1) is 21.0. The predicted molar refractivity (Wildman–Crippen MR) is 110 cm³/mol. The third-order valence-corrected chi connectivity index (χ3v) is 3.98. The van der Waals surface area contributed by atoms with Crippen molar-refractivity contribution >= 4 is 23.5 Å². The number of hydrogen-bond donors (Lipinski definition) is 1. The predicted octanol–water partition coefficient (Wildman–Crippen LogP) is 3.38. The molecule has 0 saturated carbocycles. The summed E-state index contributed by atoms with van der Waals surface area (Å²) in [6.45, 7) is 0. The minimum atomic E-state index is -0.551. The number of pyridine rings is 1. The number of aromatic nitrogens is 1. The Kier molecular flexibility index (Phi) is 6.58. The highest BCUT2D eigenvalue weighted by Crippen LogP contribution is 2.21. The maximum atomic E-state index is 12.0. The van der Waals surface area contributed by atoms with Crippen LogP contribution in [0.5, 0.6) is 11.6 Å². The van der Waals surface area contributed by atoms with Crippen molar-refractivity contribution in [3.8, 4) is 11.6 Å². The van der Waals surface area contributed by atoms with Crippen molar-refractivity contribution in [3.63, 3.8) is 0 Å². The van der Waals surface area contributed by atoms with E-state index in [1.807, 2.05) is 0 Å². The van der Waals surface area contributed by atoms with E-state index in [4.69, 9.17) is 4.74 Å². The summed E-state index contributed by atoms with van der Waals surface area (Å²) in [4.78, 5) is 36.4. The standard InChI is InChI=1S/C20H15N5O6/c26-19(11-15-3-1-2-4-18(15)25(29)30)23-22-12-14-5-8-17(9-6-14)31-20-10-7-16(13-21-20)24(27)28/h1-10,12-13H,11H2,(H,23,26). The summed E-state index contributed by atoms with van der Waals surface area (Å²) >= 11 is 0. The number of hydrazone groups is 1. The van der Waals surface area contributed by atoms with E-state index in [0.29, 0.717) is 16.9 Å². The van der Waals surface area contributed by atoms with Gasteiger partial charge in [-0.15, -0.1) is 0 Å². The highest BCUT2D eigenvalue weighted by Gasteiger charge is 2.15. The summed E-state index contributed by atoms with van der Waals surface area (Å²) in [6.07, 6.45) is 2.33. The van der Waals surface area contributed by atoms with E-state index in [0.717, 1.165) is 6.20 Å². The molecule has 3 rings (SSSR count). The summed E-state index contributed by atoms with van der Waals surface area (Å²) in [5.74, 6) is 0.169. The van der Waals surface area contributed by atoms with E-state index >= 15 is 0 Å². The molecule has 0 atom stereocenters. The van der Waals surface area contributed by atoms with Crippen molar-refractivity contribution in [2.45, 2.75) is 6.42 Å². The molecule has 0 aliphatic heterocycles. The summed E-state index contributed by atoms with van der Waals surface area (Å²) in [5.41, 5.74) is 3.02. The molecule has 1 aromatic heterocycles. The number of carbonyl (C=O) groups is 1. The van der Waals surface area contributed by atoms with Crippen LogP contribution in [0, 0.1) is 20.2 Å². The molecule has 11 nitrogen and oxygen atoms in total.